The zero-order valence-electron chi connectivity index (χ0n) is 16.8. The van der Waals surface area contributed by atoms with Gasteiger partial charge in [0.25, 0.3) is 5.56 Å². The molecule has 29 heavy (non-hydrogen) atoms. The number of rotatable bonds is 4. The molecular formula is C19H30N4O5S. The number of carbonyl (C=O) groups is 1. The fourth-order valence-electron chi connectivity index (χ4n) is 4.31. The molecule has 0 aromatic carbocycles. The molecule has 0 unspecified atom stereocenters. The predicted octanol–water partition coefficient (Wildman–Crippen LogP) is 1.00. The van der Waals surface area contributed by atoms with Crippen LogP contribution in [0.2, 0.25) is 0 Å². The molecule has 9 nitrogen and oxygen atoms in total. The van der Waals surface area contributed by atoms with E-state index in [9.17, 15) is 22.8 Å². The van der Waals surface area contributed by atoms with Gasteiger partial charge in [-0.05, 0) is 32.6 Å². The normalized spacial score (nSPS) is 20.7. The second-order valence-corrected chi connectivity index (χ2v) is 9.97. The zero-order chi connectivity index (χ0) is 21.0. The molecule has 0 atom stereocenters. The van der Waals surface area contributed by atoms with Gasteiger partial charge >= 0.3 is 5.69 Å². The van der Waals surface area contributed by atoms with E-state index in [4.69, 9.17) is 0 Å². The van der Waals surface area contributed by atoms with E-state index in [1.165, 1.54) is 30.5 Å². The molecule has 2 fully saturated rings. The fraction of sp³-hybridized carbons (Fsp3) is 0.737. The van der Waals surface area contributed by atoms with Gasteiger partial charge in [0.15, 0.2) is 4.90 Å². The smallest absolute Gasteiger partial charge is 0.325 e. The van der Waals surface area contributed by atoms with Crippen LogP contribution in [0.25, 0.3) is 0 Å². The van der Waals surface area contributed by atoms with E-state index in [-0.39, 0.29) is 36.7 Å². The Morgan fingerprint density at radius 3 is 2.14 bits per heavy atom. The van der Waals surface area contributed by atoms with Crippen molar-refractivity contribution in [1.29, 1.82) is 0 Å². The van der Waals surface area contributed by atoms with Crippen LogP contribution in [0.3, 0.4) is 0 Å². The molecular weight excluding hydrogens is 396 g/mol. The first-order valence-electron chi connectivity index (χ1n) is 10.4. The Morgan fingerprint density at radius 2 is 1.55 bits per heavy atom. The van der Waals surface area contributed by atoms with Gasteiger partial charge in [0.2, 0.25) is 15.9 Å². The van der Waals surface area contributed by atoms with Crippen molar-refractivity contribution in [1.82, 2.24) is 19.6 Å². The quantitative estimate of drug-likeness (QED) is 0.661. The summed E-state index contributed by atoms with van der Waals surface area (Å²) in [5.41, 5.74) is -1.64. The molecule has 1 saturated carbocycles. The number of aromatic nitrogens is 2. The number of hydrogen-bond acceptors (Lipinski definition) is 5. The monoisotopic (exact) mass is 426 g/mol. The van der Waals surface area contributed by atoms with E-state index in [1.807, 2.05) is 4.98 Å². The summed E-state index contributed by atoms with van der Waals surface area (Å²) in [6, 6.07) is 0.215. The Morgan fingerprint density at radius 1 is 0.966 bits per heavy atom. The second-order valence-electron chi connectivity index (χ2n) is 8.09. The molecule has 1 aromatic rings. The van der Waals surface area contributed by atoms with Crippen molar-refractivity contribution in [2.24, 2.45) is 5.92 Å². The average molecular weight is 427 g/mol. The lowest BCUT2D eigenvalue weighted by atomic mass is 9.94. The molecule has 162 valence electrons. The van der Waals surface area contributed by atoms with E-state index >= 15 is 0 Å². The average Bonchev–Trinajstić information content (AvgIpc) is 2.62. The van der Waals surface area contributed by atoms with Crippen LogP contribution in [0.15, 0.2) is 14.5 Å². The molecule has 1 aromatic heterocycles. The van der Waals surface area contributed by atoms with Crippen molar-refractivity contribution in [3.05, 3.63) is 26.5 Å². The number of piperidine rings is 1. The molecule has 3 rings (SSSR count). The Kier molecular flexibility index (Phi) is 6.94. The van der Waals surface area contributed by atoms with Gasteiger partial charge in [0, 0.05) is 30.7 Å². The van der Waals surface area contributed by atoms with Crippen molar-refractivity contribution >= 4 is 15.9 Å². The van der Waals surface area contributed by atoms with Crippen molar-refractivity contribution in [3.8, 4) is 0 Å². The van der Waals surface area contributed by atoms with E-state index < -0.39 is 26.2 Å². The van der Waals surface area contributed by atoms with E-state index in [2.05, 4.69) is 10.3 Å². The van der Waals surface area contributed by atoms with Crippen LogP contribution in [0.5, 0.6) is 0 Å². The van der Waals surface area contributed by atoms with Crippen molar-refractivity contribution < 1.29 is 13.2 Å². The highest BCUT2D eigenvalue weighted by Crippen LogP contribution is 2.24. The molecule has 1 aliphatic heterocycles. The van der Waals surface area contributed by atoms with Crippen LogP contribution in [0.1, 0.15) is 63.5 Å². The molecule has 0 spiro atoms. The van der Waals surface area contributed by atoms with Gasteiger partial charge in [-0.2, -0.15) is 4.31 Å². The second kappa shape index (κ2) is 9.25. The summed E-state index contributed by atoms with van der Waals surface area (Å²) in [7, 11) is -4.04. The van der Waals surface area contributed by atoms with Crippen molar-refractivity contribution in [3.63, 3.8) is 0 Å². The number of hydrogen-bond donors (Lipinski definition) is 3. The topological polar surface area (TPSA) is 132 Å². The molecule has 3 N–H and O–H groups in total. The number of sulfonamides is 1. The lowest BCUT2D eigenvalue weighted by molar-refractivity contribution is -0.127. The first kappa shape index (κ1) is 21.8. The van der Waals surface area contributed by atoms with Gasteiger partial charge in [-0.1, -0.05) is 32.1 Å². The molecule has 2 aliphatic rings. The SMILES string of the molecule is Cc1[nH]c(=O)[nH]c(=O)c1S(=O)(=O)N1CCC(C(=O)NC2CCCCCCC2)CC1. The highest BCUT2D eigenvalue weighted by atomic mass is 32.2. The van der Waals surface area contributed by atoms with Gasteiger partial charge < -0.3 is 10.3 Å². The Balaban J connectivity index is 1.62. The lowest BCUT2D eigenvalue weighted by Crippen LogP contribution is -2.46. The highest BCUT2D eigenvalue weighted by Gasteiger charge is 2.35. The van der Waals surface area contributed by atoms with Gasteiger partial charge in [0.05, 0.1) is 0 Å². The minimum Gasteiger partial charge on any atom is -0.353 e. The van der Waals surface area contributed by atoms with Crippen LogP contribution >= 0.6 is 0 Å². The predicted molar refractivity (Wildman–Crippen MR) is 108 cm³/mol. The van der Waals surface area contributed by atoms with Gasteiger partial charge in [-0.25, -0.2) is 13.2 Å². The van der Waals surface area contributed by atoms with E-state index in [1.54, 1.807) is 0 Å². The number of nitrogens with one attached hydrogen (secondary N) is 3. The Hall–Kier alpha value is -1.94. The van der Waals surface area contributed by atoms with Crippen LogP contribution in [-0.4, -0.2) is 47.7 Å². The largest absolute Gasteiger partial charge is 0.353 e. The number of aryl methyl sites for hydroxylation is 1. The lowest BCUT2D eigenvalue weighted by Gasteiger charge is -2.31. The molecule has 0 radical (unpaired) electrons. The number of carbonyl (C=O) groups excluding carboxylic acids is 1. The number of H-pyrrole nitrogens is 2. The van der Waals surface area contributed by atoms with Crippen LogP contribution in [-0.2, 0) is 14.8 Å². The maximum Gasteiger partial charge on any atom is 0.325 e. The summed E-state index contributed by atoms with van der Waals surface area (Å²) < 4.78 is 27.0. The third-order valence-corrected chi connectivity index (χ3v) is 8.00. The summed E-state index contributed by atoms with van der Waals surface area (Å²) in [6.07, 6.45) is 8.81. The van der Waals surface area contributed by atoms with Gasteiger partial charge in [-0.15, -0.1) is 0 Å². The zero-order valence-corrected chi connectivity index (χ0v) is 17.6. The number of aromatic amines is 2. The summed E-state index contributed by atoms with van der Waals surface area (Å²) in [5.74, 6) is -0.215. The van der Waals surface area contributed by atoms with Gasteiger partial charge in [-0.3, -0.25) is 14.6 Å². The van der Waals surface area contributed by atoms with Crippen LogP contribution in [0, 0.1) is 12.8 Å². The third-order valence-electron chi connectivity index (χ3n) is 5.95. The standard InChI is InChI=1S/C19H30N4O5S/c1-13-16(18(25)22-19(26)20-13)29(27,28)23-11-9-14(10-12-23)17(24)21-15-7-5-3-2-4-6-8-15/h14-15H,2-12H2,1H3,(H,21,24)(H2,20,22,25,26). The van der Waals surface area contributed by atoms with Crippen LogP contribution < -0.4 is 16.6 Å². The molecule has 1 saturated heterocycles. The summed E-state index contributed by atoms with van der Waals surface area (Å²) in [6.45, 7) is 1.73. The Labute approximate surface area is 170 Å². The maximum atomic E-state index is 12.9. The van der Waals surface area contributed by atoms with Crippen LogP contribution in [0.4, 0.5) is 0 Å². The highest BCUT2D eigenvalue weighted by molar-refractivity contribution is 7.89. The maximum absolute atomic E-state index is 12.9. The first-order chi connectivity index (χ1) is 13.8. The molecule has 10 heteroatoms. The number of amides is 1. The first-order valence-corrected chi connectivity index (χ1v) is 11.9. The fourth-order valence-corrected chi connectivity index (χ4v) is 5.98. The molecule has 1 aliphatic carbocycles. The van der Waals surface area contributed by atoms with E-state index in [0.29, 0.717) is 12.8 Å². The minimum atomic E-state index is -4.04. The minimum absolute atomic E-state index is 0.00527. The van der Waals surface area contributed by atoms with Gasteiger partial charge in [0.1, 0.15) is 0 Å². The Bertz CT molecular complexity index is 936. The third kappa shape index (κ3) is 5.16. The molecule has 1 amide bonds. The van der Waals surface area contributed by atoms with Crippen molar-refractivity contribution in [2.75, 3.05) is 13.1 Å². The summed E-state index contributed by atoms with van der Waals surface area (Å²) >= 11 is 0. The summed E-state index contributed by atoms with van der Waals surface area (Å²) in [5, 5.41) is 3.16. The molecule has 2 heterocycles. The van der Waals surface area contributed by atoms with Crippen molar-refractivity contribution in [2.45, 2.75) is 75.6 Å². The van der Waals surface area contributed by atoms with E-state index in [0.717, 1.165) is 25.7 Å². The number of nitrogens with zero attached hydrogens (tertiary/aromatic N) is 1. The molecule has 0 bridgehead atoms. The summed E-state index contributed by atoms with van der Waals surface area (Å²) in [4.78, 5) is 39.9.